The quantitative estimate of drug-likeness (QED) is 0.914. The zero-order valence-corrected chi connectivity index (χ0v) is 13.7. The first-order chi connectivity index (χ1) is 11.8. The predicted molar refractivity (Wildman–Crippen MR) is 92.8 cm³/mol. The minimum Gasteiger partial charge on any atom is -0.494 e. The second kappa shape index (κ2) is 7.79. The van der Waals surface area contributed by atoms with Crippen molar-refractivity contribution in [3.63, 3.8) is 0 Å². The second-order valence-electron chi connectivity index (χ2n) is 5.41. The zero-order valence-electron chi connectivity index (χ0n) is 13.7. The number of hydrogen-bond donors (Lipinski definition) is 1. The number of ether oxygens (including phenoxy) is 2. The number of anilines is 2. The summed E-state index contributed by atoms with van der Waals surface area (Å²) < 4.78 is 10.7. The largest absolute Gasteiger partial charge is 0.494 e. The fraction of sp³-hybridized carbons (Fsp3) is 0.333. The summed E-state index contributed by atoms with van der Waals surface area (Å²) in [6.07, 6.45) is 1.78. The molecule has 126 valence electrons. The lowest BCUT2D eigenvalue weighted by Gasteiger charge is -2.28. The van der Waals surface area contributed by atoms with Crippen molar-refractivity contribution in [3.05, 3.63) is 48.2 Å². The van der Waals surface area contributed by atoms with Crippen LogP contribution in [0.2, 0.25) is 0 Å². The highest BCUT2D eigenvalue weighted by atomic mass is 16.5. The molecule has 0 unspecified atom stereocenters. The Hall–Kier alpha value is -2.60. The molecule has 24 heavy (non-hydrogen) atoms. The van der Waals surface area contributed by atoms with Crippen LogP contribution in [0.15, 0.2) is 42.6 Å². The van der Waals surface area contributed by atoms with Gasteiger partial charge in [0.2, 0.25) is 0 Å². The van der Waals surface area contributed by atoms with Gasteiger partial charge in [-0.1, -0.05) is 0 Å². The number of morpholine rings is 1. The Kier molecular flexibility index (Phi) is 5.28. The van der Waals surface area contributed by atoms with E-state index in [-0.39, 0.29) is 5.91 Å². The van der Waals surface area contributed by atoms with E-state index in [2.05, 4.69) is 15.2 Å². The molecule has 2 aromatic rings. The van der Waals surface area contributed by atoms with Crippen molar-refractivity contribution in [2.75, 3.05) is 43.1 Å². The van der Waals surface area contributed by atoms with Gasteiger partial charge < -0.3 is 19.7 Å². The van der Waals surface area contributed by atoms with Crippen molar-refractivity contribution in [2.24, 2.45) is 0 Å². The van der Waals surface area contributed by atoms with Gasteiger partial charge in [-0.3, -0.25) is 4.79 Å². The summed E-state index contributed by atoms with van der Waals surface area (Å²) in [5, 5.41) is 2.81. The first kappa shape index (κ1) is 16.3. The normalized spacial score (nSPS) is 14.3. The van der Waals surface area contributed by atoms with E-state index < -0.39 is 0 Å². The Labute approximate surface area is 141 Å². The van der Waals surface area contributed by atoms with Gasteiger partial charge in [0.1, 0.15) is 11.6 Å². The molecule has 0 radical (unpaired) electrons. The number of nitrogens with one attached hydrogen (secondary N) is 1. The number of pyridine rings is 1. The molecular weight excluding hydrogens is 306 g/mol. The molecule has 0 bridgehead atoms. The number of rotatable bonds is 5. The van der Waals surface area contributed by atoms with Gasteiger partial charge in [0, 0.05) is 18.7 Å². The van der Waals surface area contributed by atoms with Crippen molar-refractivity contribution < 1.29 is 14.3 Å². The van der Waals surface area contributed by atoms with Crippen LogP contribution in [-0.2, 0) is 4.74 Å². The Morgan fingerprint density at radius 2 is 1.96 bits per heavy atom. The van der Waals surface area contributed by atoms with Gasteiger partial charge in [0.05, 0.1) is 31.7 Å². The fourth-order valence-electron chi connectivity index (χ4n) is 2.53. The summed E-state index contributed by atoms with van der Waals surface area (Å²) in [6, 6.07) is 10.8. The van der Waals surface area contributed by atoms with E-state index in [1.807, 2.05) is 19.1 Å². The highest BCUT2D eigenvalue weighted by Gasteiger charge is 2.12. The minimum absolute atomic E-state index is 0.190. The molecule has 1 N–H and O–H groups in total. The molecule has 0 spiro atoms. The van der Waals surface area contributed by atoms with Crippen LogP contribution < -0.4 is 15.0 Å². The summed E-state index contributed by atoms with van der Waals surface area (Å²) >= 11 is 0. The van der Waals surface area contributed by atoms with Gasteiger partial charge in [-0.2, -0.15) is 0 Å². The van der Waals surface area contributed by atoms with Gasteiger partial charge in [-0.15, -0.1) is 0 Å². The average Bonchev–Trinajstić information content (AvgIpc) is 2.64. The minimum atomic E-state index is -0.190. The van der Waals surface area contributed by atoms with E-state index in [9.17, 15) is 4.79 Å². The van der Waals surface area contributed by atoms with Crippen molar-refractivity contribution in [2.45, 2.75) is 6.92 Å². The maximum absolute atomic E-state index is 12.3. The molecule has 2 heterocycles. The number of carbonyl (C=O) groups is 1. The lowest BCUT2D eigenvalue weighted by atomic mass is 10.2. The SMILES string of the molecule is CCOc1ccc(C(=O)Nc2ccc(N3CCOCC3)cn2)cc1. The van der Waals surface area contributed by atoms with Crippen molar-refractivity contribution in [1.29, 1.82) is 0 Å². The molecule has 3 rings (SSSR count). The van der Waals surface area contributed by atoms with E-state index in [1.54, 1.807) is 30.5 Å². The first-order valence-electron chi connectivity index (χ1n) is 8.09. The summed E-state index contributed by atoms with van der Waals surface area (Å²) in [5.74, 6) is 1.10. The Balaban J connectivity index is 1.61. The zero-order chi connectivity index (χ0) is 16.8. The van der Waals surface area contributed by atoms with Crippen LogP contribution in [0.1, 0.15) is 17.3 Å². The van der Waals surface area contributed by atoms with E-state index >= 15 is 0 Å². The number of amides is 1. The molecule has 1 saturated heterocycles. The van der Waals surface area contributed by atoms with E-state index in [4.69, 9.17) is 9.47 Å². The number of aromatic nitrogens is 1. The third-order valence-corrected chi connectivity index (χ3v) is 3.79. The predicted octanol–water partition coefficient (Wildman–Crippen LogP) is 2.57. The Morgan fingerprint density at radius 1 is 1.21 bits per heavy atom. The Morgan fingerprint density at radius 3 is 2.58 bits per heavy atom. The molecule has 1 amide bonds. The number of hydrogen-bond acceptors (Lipinski definition) is 5. The highest BCUT2D eigenvalue weighted by molar-refractivity contribution is 6.03. The van der Waals surface area contributed by atoms with Crippen LogP contribution >= 0.6 is 0 Å². The van der Waals surface area contributed by atoms with Crippen LogP contribution in [0, 0.1) is 0 Å². The smallest absolute Gasteiger partial charge is 0.256 e. The molecule has 6 heteroatoms. The van der Waals surface area contributed by atoms with E-state index in [0.717, 1.165) is 37.7 Å². The van der Waals surface area contributed by atoms with Gasteiger partial charge in [-0.25, -0.2) is 4.98 Å². The van der Waals surface area contributed by atoms with E-state index in [1.165, 1.54) is 0 Å². The topological polar surface area (TPSA) is 63.7 Å². The first-order valence-corrected chi connectivity index (χ1v) is 8.09. The lowest BCUT2D eigenvalue weighted by Crippen LogP contribution is -2.36. The Bertz CT molecular complexity index is 665. The maximum Gasteiger partial charge on any atom is 0.256 e. The van der Waals surface area contributed by atoms with Gasteiger partial charge >= 0.3 is 0 Å². The standard InChI is InChI=1S/C18H21N3O3/c1-2-24-16-6-3-14(4-7-16)18(22)20-17-8-5-15(13-19-17)21-9-11-23-12-10-21/h3-8,13H,2,9-12H2,1H3,(H,19,20,22). The van der Waals surface area contributed by atoms with Gasteiger partial charge in [0.15, 0.2) is 0 Å². The van der Waals surface area contributed by atoms with Gasteiger partial charge in [0.25, 0.3) is 5.91 Å². The molecule has 0 atom stereocenters. The van der Waals surface area contributed by atoms with Crippen LogP contribution in [0.5, 0.6) is 5.75 Å². The van der Waals surface area contributed by atoms with Crippen molar-refractivity contribution >= 4 is 17.4 Å². The summed E-state index contributed by atoms with van der Waals surface area (Å²) in [7, 11) is 0. The number of benzene rings is 1. The van der Waals surface area contributed by atoms with Gasteiger partial charge in [-0.05, 0) is 43.3 Å². The van der Waals surface area contributed by atoms with Crippen molar-refractivity contribution in [1.82, 2.24) is 4.98 Å². The average molecular weight is 327 g/mol. The molecule has 0 saturated carbocycles. The molecule has 1 aromatic heterocycles. The number of carbonyl (C=O) groups excluding carboxylic acids is 1. The summed E-state index contributed by atoms with van der Waals surface area (Å²) in [4.78, 5) is 18.8. The molecule has 1 aliphatic heterocycles. The molecule has 6 nitrogen and oxygen atoms in total. The second-order valence-corrected chi connectivity index (χ2v) is 5.41. The monoisotopic (exact) mass is 327 g/mol. The molecule has 1 aliphatic rings. The molecule has 0 aliphatic carbocycles. The van der Waals surface area contributed by atoms with Crippen molar-refractivity contribution in [3.8, 4) is 5.75 Å². The fourth-order valence-corrected chi connectivity index (χ4v) is 2.53. The third-order valence-electron chi connectivity index (χ3n) is 3.79. The maximum atomic E-state index is 12.3. The molecule has 1 fully saturated rings. The summed E-state index contributed by atoms with van der Waals surface area (Å²) in [5.41, 5.74) is 1.61. The van der Waals surface area contributed by atoms with Crippen LogP contribution in [-0.4, -0.2) is 43.8 Å². The number of nitrogens with zero attached hydrogens (tertiary/aromatic N) is 2. The molecule has 1 aromatic carbocycles. The van der Waals surface area contributed by atoms with Crippen LogP contribution in [0.3, 0.4) is 0 Å². The highest BCUT2D eigenvalue weighted by Crippen LogP contribution is 2.17. The molecular formula is C18H21N3O3. The third kappa shape index (κ3) is 4.02. The van der Waals surface area contributed by atoms with Crippen LogP contribution in [0.4, 0.5) is 11.5 Å². The lowest BCUT2D eigenvalue weighted by molar-refractivity contribution is 0.102. The van der Waals surface area contributed by atoms with Crippen LogP contribution in [0.25, 0.3) is 0 Å². The summed E-state index contributed by atoms with van der Waals surface area (Å²) in [6.45, 7) is 5.71. The van der Waals surface area contributed by atoms with E-state index in [0.29, 0.717) is 18.0 Å².